The van der Waals surface area contributed by atoms with Gasteiger partial charge in [-0.05, 0) is 53.8 Å². The normalized spacial score (nSPS) is 18.0. The molecule has 2 heterocycles. The Morgan fingerprint density at radius 2 is 1.81 bits per heavy atom. The maximum absolute atomic E-state index is 13.0. The van der Waals surface area contributed by atoms with E-state index in [2.05, 4.69) is 35.2 Å². The topological polar surface area (TPSA) is 6.48 Å². The summed E-state index contributed by atoms with van der Waals surface area (Å²) in [6.07, 6.45) is 0.657. The van der Waals surface area contributed by atoms with Gasteiger partial charge in [0.25, 0.3) is 0 Å². The van der Waals surface area contributed by atoms with Crippen molar-refractivity contribution >= 4 is 11.6 Å². The van der Waals surface area contributed by atoms with Crippen LogP contribution < -0.4 is 0 Å². The van der Waals surface area contributed by atoms with Crippen molar-refractivity contribution in [3.05, 3.63) is 82.6 Å². The lowest BCUT2D eigenvalue weighted by Gasteiger charge is -2.41. The number of nitrogens with zero attached hydrogens (tertiary/aromatic N) is 2. The lowest BCUT2D eigenvalue weighted by atomic mass is 9.97. The number of rotatable bonds is 2. The number of alkyl halides is 3. The fraction of sp³-hybridized carbons (Fsp3) is 0.273. The zero-order valence-electron chi connectivity index (χ0n) is 15.1. The molecule has 140 valence electrons. The Morgan fingerprint density at radius 1 is 1.00 bits per heavy atom. The fourth-order valence-electron chi connectivity index (χ4n) is 3.76. The Labute approximate surface area is 157 Å². The van der Waals surface area contributed by atoms with Crippen molar-refractivity contribution in [3.63, 3.8) is 0 Å². The quantitative estimate of drug-likeness (QED) is 0.680. The first kappa shape index (κ1) is 17.9. The first-order valence-corrected chi connectivity index (χ1v) is 9.07. The highest BCUT2D eigenvalue weighted by Gasteiger charge is 2.31. The third-order valence-electron chi connectivity index (χ3n) is 5.24. The van der Waals surface area contributed by atoms with Crippen LogP contribution in [-0.2, 0) is 12.7 Å². The van der Waals surface area contributed by atoms with Crippen LogP contribution in [0.4, 0.5) is 13.2 Å². The van der Waals surface area contributed by atoms with Gasteiger partial charge in [0, 0.05) is 18.8 Å². The maximum atomic E-state index is 13.0. The Hall–Kier alpha value is -2.53. The number of hydrogen-bond donors (Lipinski definition) is 0. The zero-order valence-corrected chi connectivity index (χ0v) is 15.1. The van der Waals surface area contributed by atoms with Gasteiger partial charge in [0.2, 0.25) is 0 Å². The maximum Gasteiger partial charge on any atom is 0.416 e. The second-order valence-electron chi connectivity index (χ2n) is 7.01. The highest BCUT2D eigenvalue weighted by Crippen LogP contribution is 2.33. The van der Waals surface area contributed by atoms with E-state index in [9.17, 15) is 13.2 Å². The largest absolute Gasteiger partial charge is 0.416 e. The third-order valence-corrected chi connectivity index (χ3v) is 5.24. The SMILES string of the molecule is CC1=Cc2ccccc2CN1N1CC=C(c2cccc(C(F)(F)F)c2)CC1. The summed E-state index contributed by atoms with van der Waals surface area (Å²) in [6, 6.07) is 14.0. The van der Waals surface area contributed by atoms with Crippen LogP contribution >= 0.6 is 0 Å². The average molecular weight is 370 g/mol. The molecule has 0 aromatic heterocycles. The van der Waals surface area contributed by atoms with E-state index in [4.69, 9.17) is 0 Å². The Balaban J connectivity index is 1.51. The molecule has 2 aromatic rings. The van der Waals surface area contributed by atoms with E-state index >= 15 is 0 Å². The summed E-state index contributed by atoms with van der Waals surface area (Å²) in [5, 5.41) is 4.53. The molecule has 2 aromatic carbocycles. The molecule has 0 spiro atoms. The van der Waals surface area contributed by atoms with E-state index in [-0.39, 0.29) is 0 Å². The van der Waals surface area contributed by atoms with Crippen LogP contribution in [0.3, 0.4) is 0 Å². The van der Waals surface area contributed by atoms with Crippen molar-refractivity contribution in [2.45, 2.75) is 26.1 Å². The molecule has 0 radical (unpaired) electrons. The van der Waals surface area contributed by atoms with Crippen LogP contribution in [0.15, 0.2) is 60.3 Å². The van der Waals surface area contributed by atoms with Crippen molar-refractivity contribution in [2.75, 3.05) is 13.1 Å². The summed E-state index contributed by atoms with van der Waals surface area (Å²) >= 11 is 0. The number of hydrazine groups is 1. The highest BCUT2D eigenvalue weighted by molar-refractivity contribution is 5.67. The summed E-state index contributed by atoms with van der Waals surface area (Å²) in [4.78, 5) is 0. The van der Waals surface area contributed by atoms with E-state index in [1.807, 2.05) is 18.2 Å². The molecule has 0 atom stereocenters. The number of benzene rings is 2. The zero-order chi connectivity index (χ0) is 19.0. The van der Waals surface area contributed by atoms with Crippen molar-refractivity contribution in [3.8, 4) is 0 Å². The summed E-state index contributed by atoms with van der Waals surface area (Å²) < 4.78 is 38.9. The van der Waals surface area contributed by atoms with E-state index < -0.39 is 11.7 Å². The molecule has 0 saturated heterocycles. The third kappa shape index (κ3) is 3.65. The first-order chi connectivity index (χ1) is 12.9. The molecule has 0 amide bonds. The molecule has 0 saturated carbocycles. The average Bonchev–Trinajstić information content (AvgIpc) is 2.67. The van der Waals surface area contributed by atoms with E-state index in [0.29, 0.717) is 12.1 Å². The molecule has 4 rings (SSSR count). The number of fused-ring (bicyclic) bond motifs is 1. The van der Waals surface area contributed by atoms with Crippen LogP contribution in [0, 0.1) is 0 Å². The van der Waals surface area contributed by atoms with Gasteiger partial charge in [0.1, 0.15) is 0 Å². The Morgan fingerprint density at radius 3 is 2.56 bits per heavy atom. The van der Waals surface area contributed by atoms with E-state index in [1.54, 1.807) is 6.07 Å². The second kappa shape index (κ2) is 6.89. The van der Waals surface area contributed by atoms with Gasteiger partial charge in [-0.25, -0.2) is 5.01 Å². The van der Waals surface area contributed by atoms with Crippen molar-refractivity contribution in [1.82, 2.24) is 10.0 Å². The first-order valence-electron chi connectivity index (χ1n) is 9.07. The summed E-state index contributed by atoms with van der Waals surface area (Å²) in [5.74, 6) is 0. The minimum atomic E-state index is -4.31. The molecule has 5 heteroatoms. The number of allylic oxidation sites excluding steroid dienone is 1. The number of hydrogen-bond acceptors (Lipinski definition) is 2. The van der Waals surface area contributed by atoms with Gasteiger partial charge in [-0.3, -0.25) is 0 Å². The van der Waals surface area contributed by atoms with Gasteiger partial charge in [0.05, 0.1) is 12.1 Å². The lowest BCUT2D eigenvalue weighted by molar-refractivity contribution is -0.137. The monoisotopic (exact) mass is 370 g/mol. The molecule has 2 aliphatic rings. The van der Waals surface area contributed by atoms with Crippen LogP contribution in [-0.4, -0.2) is 23.1 Å². The highest BCUT2D eigenvalue weighted by atomic mass is 19.4. The van der Waals surface area contributed by atoms with Gasteiger partial charge in [-0.15, -0.1) is 0 Å². The van der Waals surface area contributed by atoms with Crippen LogP contribution in [0.5, 0.6) is 0 Å². The minimum Gasteiger partial charge on any atom is -0.305 e. The van der Waals surface area contributed by atoms with E-state index in [1.165, 1.54) is 29.0 Å². The molecular weight excluding hydrogens is 349 g/mol. The van der Waals surface area contributed by atoms with Crippen molar-refractivity contribution in [1.29, 1.82) is 0 Å². The standard InChI is InChI=1S/C22H21F3N2/c1-16-13-18-5-2-3-6-20(18)15-27(16)26-11-9-17(10-12-26)19-7-4-8-21(14-19)22(23,24)25/h2-9,13-14H,10-12,15H2,1H3. The van der Waals surface area contributed by atoms with E-state index in [0.717, 1.165) is 31.1 Å². The van der Waals surface area contributed by atoms with Crippen molar-refractivity contribution in [2.24, 2.45) is 0 Å². The summed E-state index contributed by atoms with van der Waals surface area (Å²) in [7, 11) is 0. The Kier molecular flexibility index (Phi) is 4.56. The predicted octanol–water partition coefficient (Wildman–Crippen LogP) is 5.59. The molecule has 0 fully saturated rings. The summed E-state index contributed by atoms with van der Waals surface area (Å²) in [6.45, 7) is 4.40. The molecule has 0 unspecified atom stereocenters. The molecule has 27 heavy (non-hydrogen) atoms. The molecular formula is C22H21F3N2. The second-order valence-corrected chi connectivity index (χ2v) is 7.01. The van der Waals surface area contributed by atoms with Gasteiger partial charge in [-0.1, -0.05) is 42.5 Å². The van der Waals surface area contributed by atoms with Crippen LogP contribution in [0.1, 0.15) is 35.6 Å². The lowest BCUT2D eigenvalue weighted by Crippen LogP contribution is -2.44. The van der Waals surface area contributed by atoms with Crippen LogP contribution in [0.25, 0.3) is 11.6 Å². The van der Waals surface area contributed by atoms with Crippen LogP contribution in [0.2, 0.25) is 0 Å². The minimum absolute atomic E-state index is 0.588. The molecule has 2 aliphatic heterocycles. The smallest absolute Gasteiger partial charge is 0.305 e. The molecule has 0 N–H and O–H groups in total. The van der Waals surface area contributed by atoms with Gasteiger partial charge in [0.15, 0.2) is 0 Å². The summed E-state index contributed by atoms with van der Waals surface area (Å²) in [5.41, 5.74) is 4.79. The predicted molar refractivity (Wildman–Crippen MR) is 101 cm³/mol. The van der Waals surface area contributed by atoms with Gasteiger partial charge < -0.3 is 5.01 Å². The molecule has 0 bridgehead atoms. The van der Waals surface area contributed by atoms with Gasteiger partial charge in [-0.2, -0.15) is 13.2 Å². The fourth-order valence-corrected chi connectivity index (χ4v) is 3.76. The number of halogens is 3. The Bertz CT molecular complexity index is 912. The molecule has 2 nitrogen and oxygen atoms in total. The molecule has 0 aliphatic carbocycles. The van der Waals surface area contributed by atoms with Crippen molar-refractivity contribution < 1.29 is 13.2 Å². The van der Waals surface area contributed by atoms with Gasteiger partial charge >= 0.3 is 6.18 Å².